The van der Waals surface area contributed by atoms with E-state index in [1.807, 2.05) is 17.0 Å². The fourth-order valence-corrected chi connectivity index (χ4v) is 3.24. The lowest BCUT2D eigenvalue weighted by molar-refractivity contribution is 0.0584. The molecule has 2 saturated heterocycles. The molecule has 0 radical (unpaired) electrons. The highest BCUT2D eigenvalue weighted by Crippen LogP contribution is 2.16. The molecule has 3 rings (SSSR count). The van der Waals surface area contributed by atoms with E-state index < -0.39 is 0 Å². The number of carbonyl (C=O) groups excluding carboxylic acids is 1. The zero-order valence-corrected chi connectivity index (χ0v) is 13.5. The summed E-state index contributed by atoms with van der Waals surface area (Å²) in [4.78, 5) is 16.9. The van der Waals surface area contributed by atoms with Crippen LogP contribution in [0.3, 0.4) is 0 Å². The number of nitrogens with zero attached hydrogens (tertiary/aromatic N) is 2. The Morgan fingerprint density at radius 1 is 1.24 bits per heavy atom. The molecule has 2 heterocycles. The number of piperazine rings is 1. The molecule has 1 aromatic carbocycles. The molecule has 0 spiro atoms. The van der Waals surface area contributed by atoms with E-state index in [1.54, 1.807) is 12.1 Å². The number of carbonyl (C=O) groups is 1. The van der Waals surface area contributed by atoms with Gasteiger partial charge in [-0.15, -0.1) is 12.4 Å². The summed E-state index contributed by atoms with van der Waals surface area (Å²) in [5.74, 6) is 0.0942. The molecule has 0 bridgehead atoms. The topological polar surface area (TPSA) is 35.6 Å². The van der Waals surface area contributed by atoms with Crippen molar-refractivity contribution in [3.63, 3.8) is 0 Å². The summed E-state index contributed by atoms with van der Waals surface area (Å²) in [6.45, 7) is 5.76. The highest BCUT2D eigenvalue weighted by atomic mass is 35.5. The van der Waals surface area contributed by atoms with Crippen LogP contribution in [-0.4, -0.2) is 61.0 Å². The smallest absolute Gasteiger partial charge is 0.253 e. The van der Waals surface area contributed by atoms with Crippen LogP contribution in [0.5, 0.6) is 0 Å². The lowest BCUT2D eigenvalue weighted by atomic mass is 10.1. The standard InChI is InChI=1S/C15H20ClN3O.ClH/c16-13-3-1-2-12(10-13)15(20)19-8-6-18(7-9-19)14-4-5-17-11-14;/h1-3,10,14,17H,4-9,11H2;1H. The predicted molar refractivity (Wildman–Crippen MR) is 87.5 cm³/mol. The molecule has 4 nitrogen and oxygen atoms in total. The minimum atomic E-state index is 0. The first kappa shape index (κ1) is 16.6. The van der Waals surface area contributed by atoms with Crippen LogP contribution >= 0.6 is 24.0 Å². The second kappa shape index (κ2) is 7.45. The SMILES string of the molecule is Cl.O=C(c1cccc(Cl)c1)N1CCN(C2CCNC2)CC1. The van der Waals surface area contributed by atoms with Gasteiger partial charge in [0.25, 0.3) is 5.91 Å². The van der Waals surface area contributed by atoms with Gasteiger partial charge in [0.1, 0.15) is 0 Å². The molecule has 21 heavy (non-hydrogen) atoms. The number of benzene rings is 1. The molecule has 2 aliphatic heterocycles. The average Bonchev–Trinajstić information content (AvgIpc) is 3.01. The van der Waals surface area contributed by atoms with Crippen LogP contribution < -0.4 is 5.32 Å². The zero-order chi connectivity index (χ0) is 13.9. The van der Waals surface area contributed by atoms with Gasteiger partial charge in [0.15, 0.2) is 0 Å². The Morgan fingerprint density at radius 2 is 2.00 bits per heavy atom. The lowest BCUT2D eigenvalue weighted by Crippen LogP contribution is -2.52. The normalized spacial score (nSPS) is 22.9. The van der Waals surface area contributed by atoms with E-state index in [-0.39, 0.29) is 18.3 Å². The van der Waals surface area contributed by atoms with Crippen molar-refractivity contribution in [3.8, 4) is 0 Å². The van der Waals surface area contributed by atoms with Crippen molar-refractivity contribution in [3.05, 3.63) is 34.9 Å². The van der Waals surface area contributed by atoms with Crippen LogP contribution in [0, 0.1) is 0 Å². The molecule has 6 heteroatoms. The van der Waals surface area contributed by atoms with Crippen LogP contribution in [0.25, 0.3) is 0 Å². The number of hydrogen-bond acceptors (Lipinski definition) is 3. The molecule has 2 fully saturated rings. The molecule has 1 N–H and O–H groups in total. The number of halogens is 2. The molecular weight excluding hydrogens is 309 g/mol. The molecule has 1 atom stereocenters. The summed E-state index contributed by atoms with van der Waals surface area (Å²) < 4.78 is 0. The zero-order valence-electron chi connectivity index (χ0n) is 11.9. The van der Waals surface area contributed by atoms with E-state index in [0.717, 1.165) is 39.3 Å². The van der Waals surface area contributed by atoms with Gasteiger partial charge in [-0.2, -0.15) is 0 Å². The molecule has 1 unspecified atom stereocenters. The first-order chi connectivity index (χ1) is 9.74. The molecule has 116 valence electrons. The van der Waals surface area contributed by atoms with Crippen molar-refractivity contribution in [2.75, 3.05) is 39.3 Å². The number of nitrogens with one attached hydrogen (secondary N) is 1. The van der Waals surface area contributed by atoms with E-state index in [4.69, 9.17) is 11.6 Å². The summed E-state index contributed by atoms with van der Waals surface area (Å²) in [6.07, 6.45) is 1.22. The second-order valence-electron chi connectivity index (χ2n) is 5.49. The highest BCUT2D eigenvalue weighted by Gasteiger charge is 2.28. The van der Waals surface area contributed by atoms with Crippen molar-refractivity contribution in [2.45, 2.75) is 12.5 Å². The van der Waals surface area contributed by atoms with Crippen LogP contribution in [0.15, 0.2) is 24.3 Å². The maximum atomic E-state index is 12.4. The second-order valence-corrected chi connectivity index (χ2v) is 5.92. The molecule has 0 saturated carbocycles. The summed E-state index contributed by atoms with van der Waals surface area (Å²) in [7, 11) is 0. The first-order valence-corrected chi connectivity index (χ1v) is 7.61. The Hall–Kier alpha value is -0.810. The van der Waals surface area contributed by atoms with Crippen LogP contribution in [0.4, 0.5) is 0 Å². The number of amides is 1. The van der Waals surface area contributed by atoms with Gasteiger partial charge in [-0.05, 0) is 31.2 Å². The molecule has 0 aliphatic carbocycles. The minimum Gasteiger partial charge on any atom is -0.336 e. The van der Waals surface area contributed by atoms with Gasteiger partial charge in [0, 0.05) is 49.4 Å². The Kier molecular flexibility index (Phi) is 5.88. The minimum absolute atomic E-state index is 0. The first-order valence-electron chi connectivity index (χ1n) is 7.23. The Bertz CT molecular complexity index is 484. The molecule has 2 aliphatic rings. The third kappa shape index (κ3) is 3.89. The van der Waals surface area contributed by atoms with Crippen LogP contribution in [0.2, 0.25) is 5.02 Å². The van der Waals surface area contributed by atoms with Gasteiger partial charge in [-0.25, -0.2) is 0 Å². The Morgan fingerprint density at radius 3 is 2.62 bits per heavy atom. The van der Waals surface area contributed by atoms with Gasteiger partial charge in [-0.3, -0.25) is 9.69 Å². The number of hydrogen-bond donors (Lipinski definition) is 1. The van der Waals surface area contributed by atoms with Crippen LogP contribution in [0.1, 0.15) is 16.8 Å². The van der Waals surface area contributed by atoms with Crippen molar-refractivity contribution < 1.29 is 4.79 Å². The van der Waals surface area contributed by atoms with Gasteiger partial charge in [0.05, 0.1) is 0 Å². The molecule has 0 aromatic heterocycles. The Labute approximate surface area is 136 Å². The van der Waals surface area contributed by atoms with Crippen molar-refractivity contribution in [2.24, 2.45) is 0 Å². The molecule has 1 aromatic rings. The predicted octanol–water partition coefficient (Wildman–Crippen LogP) is 1.88. The van der Waals surface area contributed by atoms with E-state index in [1.165, 1.54) is 6.42 Å². The van der Waals surface area contributed by atoms with Crippen molar-refractivity contribution in [1.82, 2.24) is 15.1 Å². The Balaban J connectivity index is 0.00000161. The highest BCUT2D eigenvalue weighted by molar-refractivity contribution is 6.30. The fraction of sp³-hybridized carbons (Fsp3) is 0.533. The van der Waals surface area contributed by atoms with Gasteiger partial charge in [0.2, 0.25) is 0 Å². The summed E-state index contributed by atoms with van der Waals surface area (Å²) >= 11 is 5.95. The molecular formula is C15H21Cl2N3O. The van der Waals surface area contributed by atoms with Gasteiger partial charge < -0.3 is 10.2 Å². The van der Waals surface area contributed by atoms with Crippen molar-refractivity contribution >= 4 is 29.9 Å². The van der Waals surface area contributed by atoms with E-state index >= 15 is 0 Å². The maximum absolute atomic E-state index is 12.4. The monoisotopic (exact) mass is 329 g/mol. The van der Waals surface area contributed by atoms with Crippen LogP contribution in [-0.2, 0) is 0 Å². The van der Waals surface area contributed by atoms with E-state index in [2.05, 4.69) is 10.2 Å². The third-order valence-electron chi connectivity index (χ3n) is 4.22. The van der Waals surface area contributed by atoms with Gasteiger partial charge in [-0.1, -0.05) is 17.7 Å². The van der Waals surface area contributed by atoms with E-state index in [0.29, 0.717) is 16.6 Å². The van der Waals surface area contributed by atoms with Gasteiger partial charge >= 0.3 is 0 Å². The lowest BCUT2D eigenvalue weighted by Gasteiger charge is -2.37. The average molecular weight is 330 g/mol. The summed E-state index contributed by atoms with van der Waals surface area (Å²) in [5.41, 5.74) is 0.688. The maximum Gasteiger partial charge on any atom is 0.253 e. The van der Waals surface area contributed by atoms with E-state index in [9.17, 15) is 4.79 Å². The quantitative estimate of drug-likeness (QED) is 0.899. The summed E-state index contributed by atoms with van der Waals surface area (Å²) in [5, 5.41) is 4.02. The fourth-order valence-electron chi connectivity index (χ4n) is 3.05. The third-order valence-corrected chi connectivity index (χ3v) is 4.46. The number of rotatable bonds is 2. The molecule has 1 amide bonds. The van der Waals surface area contributed by atoms with Crippen molar-refractivity contribution in [1.29, 1.82) is 0 Å². The summed E-state index contributed by atoms with van der Waals surface area (Å²) in [6, 6.07) is 7.86. The largest absolute Gasteiger partial charge is 0.336 e.